The van der Waals surface area contributed by atoms with Crippen LogP contribution in [0.1, 0.15) is 0 Å². The van der Waals surface area contributed by atoms with Crippen molar-refractivity contribution in [3.8, 4) is 67.4 Å². The highest BCUT2D eigenvalue weighted by molar-refractivity contribution is 7.25. The van der Waals surface area contributed by atoms with Gasteiger partial charge in [0.1, 0.15) is 0 Å². The van der Waals surface area contributed by atoms with Gasteiger partial charge in [-0.05, 0) is 76.9 Å². The molecule has 0 aliphatic rings. The van der Waals surface area contributed by atoms with Gasteiger partial charge in [-0.15, -0.1) is 11.3 Å². The first-order chi connectivity index (χ1) is 28.2. The maximum atomic E-state index is 5.25. The molecule has 4 heterocycles. The fraction of sp³-hybridized carbons (Fsp3) is 0. The van der Waals surface area contributed by atoms with Gasteiger partial charge in [0.15, 0.2) is 5.82 Å². The average molecular weight is 745 g/mol. The Bertz CT molecular complexity index is 3280. The lowest BCUT2D eigenvalue weighted by Gasteiger charge is -2.13. The summed E-state index contributed by atoms with van der Waals surface area (Å²) in [6.45, 7) is 0. The molecule has 0 radical (unpaired) electrons. The number of nitrogens with zero attached hydrogens (tertiary/aromatic N) is 4. The third-order valence-electron chi connectivity index (χ3n) is 10.7. The van der Waals surface area contributed by atoms with Crippen LogP contribution in [-0.4, -0.2) is 19.9 Å². The molecule has 11 aromatic rings. The van der Waals surface area contributed by atoms with Crippen molar-refractivity contribution < 1.29 is 0 Å². The SMILES string of the molecule is c1ccc(-c2cc(-c3ccc4sc5ccccc5c4c3)cc(-c3cc(-c4ccc(-c5ccc6ccc7cccnc7c6n5)cc4)nc(-c4ccccc4)n3)c2)cc1. The maximum Gasteiger partial charge on any atom is 0.160 e. The minimum Gasteiger partial charge on any atom is -0.254 e. The lowest BCUT2D eigenvalue weighted by atomic mass is 9.94. The van der Waals surface area contributed by atoms with Gasteiger partial charge < -0.3 is 0 Å². The second kappa shape index (κ2) is 13.7. The first-order valence-corrected chi connectivity index (χ1v) is 19.8. The second-order valence-electron chi connectivity index (χ2n) is 14.3. The number of hydrogen-bond acceptors (Lipinski definition) is 5. The van der Waals surface area contributed by atoms with Crippen LogP contribution in [0, 0.1) is 0 Å². The van der Waals surface area contributed by atoms with Crippen molar-refractivity contribution in [2.75, 3.05) is 0 Å². The van der Waals surface area contributed by atoms with Crippen LogP contribution < -0.4 is 0 Å². The molecule has 0 N–H and O–H groups in total. The molecule has 57 heavy (non-hydrogen) atoms. The smallest absolute Gasteiger partial charge is 0.160 e. The Morgan fingerprint density at radius 2 is 0.912 bits per heavy atom. The van der Waals surface area contributed by atoms with Crippen LogP contribution >= 0.6 is 11.3 Å². The fourth-order valence-electron chi connectivity index (χ4n) is 7.80. The van der Waals surface area contributed by atoms with E-state index in [1.807, 2.05) is 41.8 Å². The highest BCUT2D eigenvalue weighted by atomic mass is 32.1. The Kier molecular flexibility index (Phi) is 7.97. The van der Waals surface area contributed by atoms with E-state index in [4.69, 9.17) is 15.0 Å². The van der Waals surface area contributed by atoms with Gasteiger partial charge in [0.05, 0.1) is 28.1 Å². The number of benzene rings is 7. The van der Waals surface area contributed by atoms with Crippen molar-refractivity contribution >= 4 is 53.3 Å². The monoisotopic (exact) mass is 744 g/mol. The molecule has 0 amide bonds. The van der Waals surface area contributed by atoms with Gasteiger partial charge in [0.2, 0.25) is 0 Å². The van der Waals surface area contributed by atoms with Gasteiger partial charge in [-0.1, -0.05) is 133 Å². The minimum absolute atomic E-state index is 0.681. The second-order valence-corrected chi connectivity index (χ2v) is 15.4. The lowest BCUT2D eigenvalue weighted by molar-refractivity contribution is 1.18. The van der Waals surface area contributed by atoms with Crippen molar-refractivity contribution in [2.24, 2.45) is 0 Å². The zero-order valence-corrected chi connectivity index (χ0v) is 31.5. The molecular formula is C52H32N4S. The van der Waals surface area contributed by atoms with Crippen LogP contribution in [0.25, 0.3) is 109 Å². The zero-order valence-electron chi connectivity index (χ0n) is 30.7. The molecule has 7 aromatic carbocycles. The molecule has 0 fully saturated rings. The van der Waals surface area contributed by atoms with Crippen LogP contribution in [0.3, 0.4) is 0 Å². The molecule has 0 saturated heterocycles. The molecule has 0 bridgehead atoms. The summed E-state index contributed by atoms with van der Waals surface area (Å²) >= 11 is 1.84. The molecule has 4 aromatic heterocycles. The van der Waals surface area contributed by atoms with E-state index in [-0.39, 0.29) is 0 Å². The molecular weight excluding hydrogens is 713 g/mol. The Balaban J connectivity index is 1.04. The molecule has 0 aliphatic heterocycles. The maximum absolute atomic E-state index is 5.25. The third-order valence-corrected chi connectivity index (χ3v) is 11.9. The molecule has 11 rings (SSSR count). The van der Waals surface area contributed by atoms with E-state index in [1.165, 1.54) is 25.7 Å². The topological polar surface area (TPSA) is 51.6 Å². The molecule has 0 atom stereocenters. The van der Waals surface area contributed by atoms with Gasteiger partial charge in [-0.2, -0.15) is 0 Å². The van der Waals surface area contributed by atoms with Crippen molar-refractivity contribution in [3.05, 3.63) is 194 Å². The van der Waals surface area contributed by atoms with Crippen molar-refractivity contribution in [1.29, 1.82) is 0 Å². The van der Waals surface area contributed by atoms with Gasteiger partial charge in [0.25, 0.3) is 0 Å². The largest absolute Gasteiger partial charge is 0.254 e. The quantitative estimate of drug-likeness (QED) is 0.159. The third kappa shape index (κ3) is 6.11. The summed E-state index contributed by atoms with van der Waals surface area (Å²) in [5.74, 6) is 0.681. The lowest BCUT2D eigenvalue weighted by Crippen LogP contribution is -1.96. The standard InChI is InChI=1S/C52H32N4S/c1-3-10-33(11-4-1)40-28-41(39-24-26-49-44(31-39)43-15-7-8-16-48(43)57-49)30-42(29-40)47-32-46(55-52(56-47)38-12-5-2-6-13-38)35-19-17-34(18-20-35)45-25-23-37-22-21-36-14-9-27-53-50(36)51(37)54-45/h1-32H. The number of hydrogen-bond donors (Lipinski definition) is 0. The Morgan fingerprint density at radius 3 is 1.70 bits per heavy atom. The summed E-state index contributed by atoms with van der Waals surface area (Å²) in [6, 6.07) is 66.3. The van der Waals surface area contributed by atoms with Crippen LogP contribution in [0.2, 0.25) is 0 Å². The summed E-state index contributed by atoms with van der Waals surface area (Å²) < 4.78 is 2.60. The summed E-state index contributed by atoms with van der Waals surface area (Å²) in [7, 11) is 0. The van der Waals surface area contributed by atoms with E-state index in [2.05, 4.69) is 169 Å². The minimum atomic E-state index is 0.681. The van der Waals surface area contributed by atoms with Crippen molar-refractivity contribution in [3.63, 3.8) is 0 Å². The van der Waals surface area contributed by atoms with Crippen LogP contribution in [0.5, 0.6) is 0 Å². The Labute approximate surface area is 333 Å². The van der Waals surface area contributed by atoms with E-state index in [0.29, 0.717) is 5.82 Å². The van der Waals surface area contributed by atoms with Gasteiger partial charge in [0, 0.05) is 59.4 Å². The zero-order chi connectivity index (χ0) is 37.7. The van der Waals surface area contributed by atoms with Crippen molar-refractivity contribution in [1.82, 2.24) is 19.9 Å². The van der Waals surface area contributed by atoms with Crippen LogP contribution in [0.4, 0.5) is 0 Å². The van der Waals surface area contributed by atoms with Crippen LogP contribution in [0.15, 0.2) is 194 Å². The summed E-state index contributed by atoms with van der Waals surface area (Å²) in [5.41, 5.74) is 13.1. The highest BCUT2D eigenvalue weighted by Crippen LogP contribution is 2.39. The molecule has 0 unspecified atom stereocenters. The van der Waals surface area contributed by atoms with E-state index in [0.717, 1.165) is 77.8 Å². The number of thiophene rings is 1. The Hall–Kier alpha value is -7.34. The average Bonchev–Trinajstić information content (AvgIpc) is 3.67. The molecule has 0 aliphatic carbocycles. The number of aromatic nitrogens is 4. The highest BCUT2D eigenvalue weighted by Gasteiger charge is 2.15. The molecule has 0 spiro atoms. The van der Waals surface area contributed by atoms with Gasteiger partial charge in [-0.3, -0.25) is 4.98 Å². The van der Waals surface area contributed by atoms with Crippen LogP contribution in [-0.2, 0) is 0 Å². The normalized spacial score (nSPS) is 11.5. The molecule has 5 heteroatoms. The van der Waals surface area contributed by atoms with Crippen molar-refractivity contribution in [2.45, 2.75) is 0 Å². The summed E-state index contributed by atoms with van der Waals surface area (Å²) in [5, 5.41) is 4.73. The van der Waals surface area contributed by atoms with Gasteiger partial charge >= 0.3 is 0 Å². The van der Waals surface area contributed by atoms with E-state index >= 15 is 0 Å². The fourth-order valence-corrected chi connectivity index (χ4v) is 8.89. The molecule has 4 nitrogen and oxygen atoms in total. The number of rotatable bonds is 6. The van der Waals surface area contributed by atoms with E-state index in [1.54, 1.807) is 0 Å². The molecule has 0 saturated carbocycles. The summed E-state index contributed by atoms with van der Waals surface area (Å²) in [4.78, 5) is 20.2. The van der Waals surface area contributed by atoms with E-state index in [9.17, 15) is 0 Å². The molecule has 266 valence electrons. The predicted molar refractivity (Wildman–Crippen MR) is 238 cm³/mol. The summed E-state index contributed by atoms with van der Waals surface area (Å²) in [6.07, 6.45) is 1.83. The van der Waals surface area contributed by atoms with Gasteiger partial charge in [-0.25, -0.2) is 15.0 Å². The predicted octanol–water partition coefficient (Wildman–Crippen LogP) is 13.9. The first-order valence-electron chi connectivity index (χ1n) is 19.0. The van der Waals surface area contributed by atoms with E-state index < -0.39 is 0 Å². The first kappa shape index (κ1) is 33.0. The number of fused-ring (bicyclic) bond motifs is 6. The number of pyridine rings is 2. The Morgan fingerprint density at radius 1 is 0.316 bits per heavy atom.